The molecule has 1 N–H and O–H groups in total. The van der Waals surface area contributed by atoms with Gasteiger partial charge in [-0.1, -0.05) is 0 Å². The summed E-state index contributed by atoms with van der Waals surface area (Å²) in [7, 11) is 3.77. The van der Waals surface area contributed by atoms with Gasteiger partial charge < -0.3 is 5.32 Å². The predicted octanol–water partition coefficient (Wildman–Crippen LogP) is 0.734. The molecule has 0 saturated heterocycles. The smallest absolute Gasteiger partial charge is 0.220 e. The number of aryl methyl sites for hydroxylation is 1. The predicted molar refractivity (Wildman–Crippen MR) is 42.5 cm³/mol. The molecule has 11 heavy (non-hydrogen) atoms. The summed E-state index contributed by atoms with van der Waals surface area (Å²) < 4.78 is 1.79. The quantitative estimate of drug-likeness (QED) is 0.679. The van der Waals surface area contributed by atoms with E-state index in [2.05, 4.69) is 15.4 Å². The van der Waals surface area contributed by atoms with Crippen LogP contribution in [-0.4, -0.2) is 21.8 Å². The maximum Gasteiger partial charge on any atom is 0.220 e. The van der Waals surface area contributed by atoms with Gasteiger partial charge in [0.05, 0.1) is 0 Å². The van der Waals surface area contributed by atoms with Crippen LogP contribution in [0.1, 0.15) is 24.6 Å². The second kappa shape index (κ2) is 2.22. The number of hydrogen-bond donors (Lipinski definition) is 1. The molecule has 2 rings (SSSR count). The molecule has 0 atom stereocenters. The molecule has 0 spiro atoms. The van der Waals surface area contributed by atoms with Crippen molar-refractivity contribution in [2.75, 3.05) is 12.4 Å². The molecule has 1 aliphatic carbocycles. The van der Waals surface area contributed by atoms with E-state index in [0.717, 1.165) is 11.8 Å². The molecule has 0 radical (unpaired) electrons. The van der Waals surface area contributed by atoms with Crippen molar-refractivity contribution in [2.45, 2.75) is 18.8 Å². The Morgan fingerprint density at radius 3 is 2.73 bits per heavy atom. The van der Waals surface area contributed by atoms with Crippen molar-refractivity contribution in [1.29, 1.82) is 0 Å². The Balaban J connectivity index is 2.28. The molecule has 4 nitrogen and oxygen atoms in total. The fourth-order valence-corrected chi connectivity index (χ4v) is 1.14. The maximum absolute atomic E-state index is 4.33. The Labute approximate surface area is 65.6 Å². The summed E-state index contributed by atoms with van der Waals surface area (Å²) >= 11 is 0. The standard InChI is InChI=1S/C7H12N4/c1-8-7-9-6(5-3-4-5)10-11(7)2/h5H,3-4H2,1-2H3,(H,8,9,10). The van der Waals surface area contributed by atoms with E-state index in [-0.39, 0.29) is 0 Å². The van der Waals surface area contributed by atoms with Crippen molar-refractivity contribution in [3.05, 3.63) is 5.82 Å². The molecule has 0 aromatic carbocycles. The van der Waals surface area contributed by atoms with Gasteiger partial charge in [0.1, 0.15) is 0 Å². The van der Waals surface area contributed by atoms with Gasteiger partial charge in [-0.15, -0.1) is 0 Å². The van der Waals surface area contributed by atoms with Gasteiger partial charge in [0.25, 0.3) is 0 Å². The van der Waals surface area contributed by atoms with Gasteiger partial charge >= 0.3 is 0 Å². The molecule has 0 unspecified atom stereocenters. The lowest BCUT2D eigenvalue weighted by molar-refractivity contribution is 0.749. The van der Waals surface area contributed by atoms with Crippen LogP contribution in [0.15, 0.2) is 0 Å². The average Bonchev–Trinajstić information content (AvgIpc) is 2.76. The topological polar surface area (TPSA) is 42.7 Å². The third-order valence-electron chi connectivity index (χ3n) is 1.95. The molecule has 1 aromatic rings. The number of nitrogens with one attached hydrogen (secondary N) is 1. The van der Waals surface area contributed by atoms with Gasteiger partial charge in [0.2, 0.25) is 5.95 Å². The molecule has 0 bridgehead atoms. The molecule has 1 saturated carbocycles. The zero-order valence-electron chi connectivity index (χ0n) is 6.83. The van der Waals surface area contributed by atoms with Gasteiger partial charge in [-0.25, -0.2) is 4.68 Å². The summed E-state index contributed by atoms with van der Waals surface area (Å²) in [5, 5.41) is 7.27. The second-order valence-corrected chi connectivity index (χ2v) is 2.94. The third-order valence-corrected chi connectivity index (χ3v) is 1.95. The van der Waals surface area contributed by atoms with Crippen LogP contribution in [0.25, 0.3) is 0 Å². The van der Waals surface area contributed by atoms with E-state index in [1.807, 2.05) is 14.1 Å². The number of rotatable bonds is 2. The van der Waals surface area contributed by atoms with E-state index in [1.54, 1.807) is 4.68 Å². The highest BCUT2D eigenvalue weighted by atomic mass is 15.4. The zero-order valence-corrected chi connectivity index (χ0v) is 6.83. The summed E-state index contributed by atoms with van der Waals surface area (Å²) in [4.78, 5) is 4.33. The molecular weight excluding hydrogens is 140 g/mol. The van der Waals surface area contributed by atoms with E-state index >= 15 is 0 Å². The minimum Gasteiger partial charge on any atom is -0.358 e. The highest BCUT2D eigenvalue weighted by Gasteiger charge is 2.28. The van der Waals surface area contributed by atoms with Gasteiger partial charge in [-0.3, -0.25) is 0 Å². The third kappa shape index (κ3) is 1.08. The first-order valence-electron chi connectivity index (χ1n) is 3.90. The Bertz CT molecular complexity index is 261. The van der Waals surface area contributed by atoms with Crippen molar-refractivity contribution >= 4 is 5.95 Å². The van der Waals surface area contributed by atoms with Crippen LogP contribution in [0.3, 0.4) is 0 Å². The van der Waals surface area contributed by atoms with Gasteiger partial charge in [0, 0.05) is 20.0 Å². The Kier molecular flexibility index (Phi) is 1.34. The first kappa shape index (κ1) is 6.64. The van der Waals surface area contributed by atoms with Gasteiger partial charge in [-0.05, 0) is 12.8 Å². The van der Waals surface area contributed by atoms with Crippen LogP contribution >= 0.6 is 0 Å². The number of nitrogens with zero attached hydrogens (tertiary/aromatic N) is 3. The first-order valence-corrected chi connectivity index (χ1v) is 3.90. The Morgan fingerprint density at radius 2 is 2.27 bits per heavy atom. The molecule has 1 aliphatic rings. The molecule has 4 heteroatoms. The summed E-state index contributed by atoms with van der Waals surface area (Å²) in [5.41, 5.74) is 0. The summed E-state index contributed by atoms with van der Waals surface area (Å²) in [6.45, 7) is 0. The van der Waals surface area contributed by atoms with Crippen molar-refractivity contribution in [3.63, 3.8) is 0 Å². The van der Waals surface area contributed by atoms with Crippen molar-refractivity contribution in [2.24, 2.45) is 7.05 Å². The van der Waals surface area contributed by atoms with Crippen LogP contribution in [0.2, 0.25) is 0 Å². The maximum atomic E-state index is 4.33. The fourth-order valence-electron chi connectivity index (χ4n) is 1.14. The van der Waals surface area contributed by atoms with Gasteiger partial charge in [0.15, 0.2) is 5.82 Å². The summed E-state index contributed by atoms with van der Waals surface area (Å²) in [6, 6.07) is 0. The molecule has 1 aromatic heterocycles. The molecule has 1 fully saturated rings. The van der Waals surface area contributed by atoms with E-state index in [1.165, 1.54) is 12.8 Å². The highest BCUT2D eigenvalue weighted by Crippen LogP contribution is 2.38. The monoisotopic (exact) mass is 152 g/mol. The summed E-state index contributed by atoms with van der Waals surface area (Å²) in [5.74, 6) is 2.49. The van der Waals surface area contributed by atoms with Crippen LogP contribution in [-0.2, 0) is 7.05 Å². The second-order valence-electron chi connectivity index (χ2n) is 2.94. The zero-order chi connectivity index (χ0) is 7.84. The minimum atomic E-state index is 0.642. The molecule has 0 amide bonds. The SMILES string of the molecule is CNc1nc(C2CC2)nn1C. The lowest BCUT2D eigenvalue weighted by atomic mass is 10.4. The largest absolute Gasteiger partial charge is 0.358 e. The number of hydrogen-bond acceptors (Lipinski definition) is 3. The highest BCUT2D eigenvalue weighted by molar-refractivity contribution is 5.25. The van der Waals surface area contributed by atoms with Crippen molar-refractivity contribution in [1.82, 2.24) is 14.8 Å². The molecule has 60 valence electrons. The Hall–Kier alpha value is -1.06. The summed E-state index contributed by atoms with van der Waals surface area (Å²) in [6.07, 6.45) is 2.51. The van der Waals surface area contributed by atoms with Crippen LogP contribution in [0.5, 0.6) is 0 Å². The van der Waals surface area contributed by atoms with Crippen molar-refractivity contribution < 1.29 is 0 Å². The van der Waals surface area contributed by atoms with E-state index in [4.69, 9.17) is 0 Å². The van der Waals surface area contributed by atoms with E-state index in [0.29, 0.717) is 5.92 Å². The van der Waals surface area contributed by atoms with E-state index < -0.39 is 0 Å². The lowest BCUT2D eigenvalue weighted by Crippen LogP contribution is -1.98. The van der Waals surface area contributed by atoms with Gasteiger partial charge in [-0.2, -0.15) is 10.1 Å². The molecular formula is C7H12N4. The molecule has 1 heterocycles. The number of aromatic nitrogens is 3. The van der Waals surface area contributed by atoms with Crippen LogP contribution in [0, 0.1) is 0 Å². The fraction of sp³-hybridized carbons (Fsp3) is 0.714. The number of anilines is 1. The lowest BCUT2D eigenvalue weighted by Gasteiger charge is -1.93. The minimum absolute atomic E-state index is 0.642. The average molecular weight is 152 g/mol. The first-order chi connectivity index (χ1) is 5.31. The molecule has 0 aliphatic heterocycles. The normalized spacial score (nSPS) is 16.9. The van der Waals surface area contributed by atoms with Crippen molar-refractivity contribution in [3.8, 4) is 0 Å². The van der Waals surface area contributed by atoms with Crippen LogP contribution < -0.4 is 5.32 Å². The van der Waals surface area contributed by atoms with E-state index in [9.17, 15) is 0 Å². The Morgan fingerprint density at radius 1 is 1.55 bits per heavy atom. The van der Waals surface area contributed by atoms with Crippen LogP contribution in [0.4, 0.5) is 5.95 Å².